The van der Waals surface area contributed by atoms with Gasteiger partial charge in [0.2, 0.25) is 0 Å². The molecular weight excluding hydrogens is 717 g/mol. The van der Waals surface area contributed by atoms with Gasteiger partial charge in [0.1, 0.15) is 6.61 Å². The predicted octanol–water partition coefficient (Wildman–Crippen LogP) is 17.2. The van der Waals surface area contributed by atoms with Crippen molar-refractivity contribution in [2.45, 2.75) is 284 Å². The Balaban J connectivity index is 4.22. The minimum atomic E-state index is -0.533. The Morgan fingerprint density at radius 3 is 1.21 bits per heavy atom. The van der Waals surface area contributed by atoms with Gasteiger partial charge >= 0.3 is 11.9 Å². The lowest BCUT2D eigenvalue weighted by Crippen LogP contribution is -2.30. The van der Waals surface area contributed by atoms with E-state index in [1.54, 1.807) is 0 Å². The van der Waals surface area contributed by atoms with E-state index in [2.05, 4.69) is 45.1 Å². The number of esters is 2. The van der Waals surface area contributed by atoms with Gasteiger partial charge in [0.25, 0.3) is 0 Å². The van der Waals surface area contributed by atoms with E-state index in [4.69, 9.17) is 14.2 Å². The largest absolute Gasteiger partial charge is 0.462 e. The van der Waals surface area contributed by atoms with Gasteiger partial charge in [0, 0.05) is 19.4 Å². The summed E-state index contributed by atoms with van der Waals surface area (Å²) >= 11 is 0. The minimum absolute atomic E-state index is 0.0887. The first-order valence-electron chi connectivity index (χ1n) is 25.9. The summed E-state index contributed by atoms with van der Waals surface area (Å²) < 4.78 is 17.4. The van der Waals surface area contributed by atoms with Gasteiger partial charge in [-0.2, -0.15) is 0 Å². The second-order valence-electron chi connectivity index (χ2n) is 17.4. The molecule has 0 radical (unpaired) electrons. The Labute approximate surface area is 362 Å². The molecule has 0 aliphatic heterocycles. The summed E-state index contributed by atoms with van der Waals surface area (Å²) in [6.07, 6.45) is 57.5. The third kappa shape index (κ3) is 47.1. The summed E-state index contributed by atoms with van der Waals surface area (Å²) in [5.41, 5.74) is 0. The second kappa shape index (κ2) is 49.7. The number of carbonyl (C=O) groups is 2. The number of unbranched alkanes of at least 4 members (excludes halogenated alkanes) is 33. The maximum Gasteiger partial charge on any atom is 0.306 e. The van der Waals surface area contributed by atoms with Gasteiger partial charge < -0.3 is 14.2 Å². The van der Waals surface area contributed by atoms with E-state index in [9.17, 15) is 9.59 Å². The van der Waals surface area contributed by atoms with Crippen LogP contribution in [0.15, 0.2) is 24.3 Å². The Kier molecular flexibility index (Phi) is 48.4. The van der Waals surface area contributed by atoms with Crippen molar-refractivity contribution < 1.29 is 23.8 Å². The zero-order chi connectivity index (χ0) is 42.1. The Hall–Kier alpha value is -1.62. The number of hydrogen-bond donors (Lipinski definition) is 0. The van der Waals surface area contributed by atoms with Gasteiger partial charge in [-0.25, -0.2) is 0 Å². The molecule has 0 fully saturated rings. The number of carbonyl (C=O) groups excluding carboxylic acids is 2. The molecule has 0 N–H and O–H groups in total. The molecule has 342 valence electrons. The average molecular weight is 817 g/mol. The van der Waals surface area contributed by atoms with Crippen molar-refractivity contribution in [1.29, 1.82) is 0 Å². The van der Waals surface area contributed by atoms with Crippen LogP contribution in [0.4, 0.5) is 0 Å². The van der Waals surface area contributed by atoms with Gasteiger partial charge in [0.15, 0.2) is 6.10 Å². The zero-order valence-electron chi connectivity index (χ0n) is 39.3. The van der Waals surface area contributed by atoms with Crippen LogP contribution in [0.3, 0.4) is 0 Å². The highest BCUT2D eigenvalue weighted by molar-refractivity contribution is 5.70. The fraction of sp³-hybridized carbons (Fsp3) is 0.887. The molecule has 5 nitrogen and oxygen atoms in total. The normalized spacial score (nSPS) is 12.3. The molecule has 0 rings (SSSR count). The molecule has 0 saturated carbocycles. The number of hydrogen-bond acceptors (Lipinski definition) is 5. The third-order valence-corrected chi connectivity index (χ3v) is 11.5. The van der Waals surface area contributed by atoms with Crippen molar-refractivity contribution in [2.75, 3.05) is 19.8 Å². The average Bonchev–Trinajstić information content (AvgIpc) is 3.22. The maximum atomic E-state index is 12.8. The molecule has 5 heteroatoms. The van der Waals surface area contributed by atoms with Gasteiger partial charge in [0.05, 0.1) is 6.61 Å². The molecule has 0 amide bonds. The Morgan fingerprint density at radius 1 is 0.379 bits per heavy atom. The van der Waals surface area contributed by atoms with Crippen LogP contribution < -0.4 is 0 Å². The molecule has 0 aromatic heterocycles. The standard InChI is InChI=1S/C53H100O5/c1-4-7-10-13-16-19-22-25-27-29-31-34-37-40-43-46-52(54)57-50-51(49-56-48-45-42-39-36-33-30-26-23-20-17-14-11-8-5-2)58-53(55)47-44-41-38-35-32-28-24-21-18-15-12-9-6-3/h11,14,20,23,51H,4-10,12-13,15-19,21-22,24-50H2,1-3H3/b14-11-,23-20-. The third-order valence-electron chi connectivity index (χ3n) is 11.5. The lowest BCUT2D eigenvalue weighted by atomic mass is 10.0. The summed E-state index contributed by atoms with van der Waals surface area (Å²) in [7, 11) is 0. The molecule has 0 heterocycles. The van der Waals surface area contributed by atoms with Crippen LogP contribution in [0.25, 0.3) is 0 Å². The molecule has 0 aromatic carbocycles. The molecule has 0 aliphatic carbocycles. The van der Waals surface area contributed by atoms with Crippen LogP contribution in [0.5, 0.6) is 0 Å². The molecule has 0 aliphatic rings. The van der Waals surface area contributed by atoms with Crippen molar-refractivity contribution in [3.63, 3.8) is 0 Å². The molecule has 58 heavy (non-hydrogen) atoms. The van der Waals surface area contributed by atoms with Gasteiger partial charge in [-0.1, -0.05) is 244 Å². The zero-order valence-corrected chi connectivity index (χ0v) is 39.3. The van der Waals surface area contributed by atoms with Crippen molar-refractivity contribution in [1.82, 2.24) is 0 Å². The Bertz CT molecular complexity index is 882. The molecule has 1 unspecified atom stereocenters. The topological polar surface area (TPSA) is 61.8 Å². The SMILES string of the molecule is CCC/C=C\C/C=C\CCCCCCCCOCC(COC(=O)CCCCCCCCCCCCCCCCC)OC(=O)CCCCCCCCCCCCCCC. The quantitative estimate of drug-likeness (QED) is 0.0348. The fourth-order valence-corrected chi connectivity index (χ4v) is 7.61. The van der Waals surface area contributed by atoms with Crippen molar-refractivity contribution in [3.8, 4) is 0 Å². The van der Waals surface area contributed by atoms with Crippen LogP contribution >= 0.6 is 0 Å². The first-order valence-corrected chi connectivity index (χ1v) is 25.9. The van der Waals surface area contributed by atoms with E-state index >= 15 is 0 Å². The molecule has 0 spiro atoms. The first kappa shape index (κ1) is 56.4. The van der Waals surface area contributed by atoms with E-state index in [0.717, 1.165) is 44.9 Å². The predicted molar refractivity (Wildman–Crippen MR) is 252 cm³/mol. The van der Waals surface area contributed by atoms with Crippen molar-refractivity contribution >= 4 is 11.9 Å². The summed E-state index contributed by atoms with van der Waals surface area (Å²) in [6.45, 7) is 7.80. The van der Waals surface area contributed by atoms with Crippen LogP contribution in [0.1, 0.15) is 278 Å². The van der Waals surface area contributed by atoms with Crippen LogP contribution in [0.2, 0.25) is 0 Å². The van der Waals surface area contributed by atoms with E-state index in [-0.39, 0.29) is 25.2 Å². The minimum Gasteiger partial charge on any atom is -0.462 e. The highest BCUT2D eigenvalue weighted by Gasteiger charge is 2.17. The lowest BCUT2D eigenvalue weighted by molar-refractivity contribution is -0.163. The molecular formula is C53H100O5. The highest BCUT2D eigenvalue weighted by atomic mass is 16.6. The number of rotatable bonds is 48. The lowest BCUT2D eigenvalue weighted by Gasteiger charge is -2.18. The molecule has 1 atom stereocenters. The van der Waals surface area contributed by atoms with Crippen LogP contribution in [-0.2, 0) is 23.8 Å². The second-order valence-corrected chi connectivity index (χ2v) is 17.4. The van der Waals surface area contributed by atoms with Gasteiger partial charge in [-0.15, -0.1) is 0 Å². The highest BCUT2D eigenvalue weighted by Crippen LogP contribution is 2.16. The summed E-state index contributed by atoms with van der Waals surface area (Å²) in [6, 6.07) is 0. The number of allylic oxidation sites excluding steroid dienone is 4. The molecule has 0 saturated heterocycles. The smallest absolute Gasteiger partial charge is 0.306 e. The van der Waals surface area contributed by atoms with Crippen LogP contribution in [0, 0.1) is 0 Å². The molecule has 0 aromatic rings. The van der Waals surface area contributed by atoms with E-state index in [0.29, 0.717) is 19.4 Å². The first-order chi connectivity index (χ1) is 28.6. The summed E-state index contributed by atoms with van der Waals surface area (Å²) in [4.78, 5) is 25.4. The molecule has 0 bridgehead atoms. The van der Waals surface area contributed by atoms with E-state index in [1.165, 1.54) is 199 Å². The Morgan fingerprint density at radius 2 is 0.759 bits per heavy atom. The van der Waals surface area contributed by atoms with Crippen LogP contribution in [-0.4, -0.2) is 37.9 Å². The number of ether oxygens (including phenoxy) is 3. The van der Waals surface area contributed by atoms with E-state index in [1.807, 2.05) is 0 Å². The fourth-order valence-electron chi connectivity index (χ4n) is 7.61. The van der Waals surface area contributed by atoms with Crippen molar-refractivity contribution in [3.05, 3.63) is 24.3 Å². The van der Waals surface area contributed by atoms with E-state index < -0.39 is 6.10 Å². The maximum absolute atomic E-state index is 12.8. The van der Waals surface area contributed by atoms with Gasteiger partial charge in [-0.05, 0) is 44.9 Å². The van der Waals surface area contributed by atoms with Gasteiger partial charge in [-0.3, -0.25) is 9.59 Å². The monoisotopic (exact) mass is 817 g/mol. The summed E-state index contributed by atoms with van der Waals surface area (Å²) in [5.74, 6) is -0.385. The summed E-state index contributed by atoms with van der Waals surface area (Å²) in [5, 5.41) is 0. The van der Waals surface area contributed by atoms with Crippen molar-refractivity contribution in [2.24, 2.45) is 0 Å².